The molecule has 7 nitrogen and oxygen atoms in total. The Morgan fingerprint density at radius 1 is 1.47 bits per heavy atom. The van der Waals surface area contributed by atoms with Gasteiger partial charge in [-0.25, -0.2) is 4.68 Å². The van der Waals surface area contributed by atoms with E-state index in [9.17, 15) is 9.59 Å². The lowest BCUT2D eigenvalue weighted by atomic mass is 10.1. The lowest BCUT2D eigenvalue weighted by Crippen LogP contribution is -2.34. The minimum absolute atomic E-state index is 0.186. The molecule has 1 atom stereocenters. The molecule has 1 N–H and O–H groups in total. The molecule has 1 aromatic rings. The van der Waals surface area contributed by atoms with Gasteiger partial charge < -0.3 is 10.0 Å². The van der Waals surface area contributed by atoms with Crippen molar-refractivity contribution in [1.82, 2.24) is 19.9 Å². The summed E-state index contributed by atoms with van der Waals surface area (Å²) < 4.78 is 1.15. The average molecular weight is 268 g/mol. The van der Waals surface area contributed by atoms with E-state index in [1.165, 1.54) is 6.20 Å². The highest BCUT2D eigenvalue weighted by atomic mass is 16.4. The standard InChI is InChI=1S/C12H20N4O3/c1-4-9(3)6-15(5-2)12(19)10-7-16(14-13-10)8-11(17)18/h7,9H,4-6,8H2,1-3H3,(H,17,18). The molecule has 0 aromatic carbocycles. The maximum absolute atomic E-state index is 12.2. The molecule has 19 heavy (non-hydrogen) atoms. The third kappa shape index (κ3) is 4.35. The van der Waals surface area contributed by atoms with Crippen LogP contribution in [0.25, 0.3) is 0 Å². The SMILES string of the molecule is CCC(C)CN(CC)C(=O)c1cn(CC(=O)O)nn1. The normalized spacial score (nSPS) is 12.2. The molecule has 1 rings (SSSR count). The molecule has 0 aliphatic carbocycles. The fraction of sp³-hybridized carbons (Fsp3) is 0.667. The van der Waals surface area contributed by atoms with Crippen LogP contribution in [-0.4, -0.2) is 50.0 Å². The number of carboxylic acids is 1. The van der Waals surface area contributed by atoms with Gasteiger partial charge >= 0.3 is 5.97 Å². The molecule has 0 saturated heterocycles. The third-order valence-electron chi connectivity index (χ3n) is 2.95. The van der Waals surface area contributed by atoms with E-state index >= 15 is 0 Å². The fourth-order valence-corrected chi connectivity index (χ4v) is 1.64. The van der Waals surface area contributed by atoms with Gasteiger partial charge in [-0.15, -0.1) is 5.10 Å². The maximum Gasteiger partial charge on any atom is 0.325 e. The zero-order chi connectivity index (χ0) is 14.4. The molecular weight excluding hydrogens is 248 g/mol. The third-order valence-corrected chi connectivity index (χ3v) is 2.95. The largest absolute Gasteiger partial charge is 0.480 e. The lowest BCUT2D eigenvalue weighted by molar-refractivity contribution is -0.137. The second-order valence-electron chi connectivity index (χ2n) is 4.55. The number of rotatable bonds is 7. The van der Waals surface area contributed by atoms with Crippen LogP contribution in [0.15, 0.2) is 6.20 Å². The van der Waals surface area contributed by atoms with Crippen LogP contribution in [0, 0.1) is 5.92 Å². The molecule has 1 amide bonds. The minimum Gasteiger partial charge on any atom is -0.480 e. The van der Waals surface area contributed by atoms with E-state index in [-0.39, 0.29) is 18.1 Å². The van der Waals surface area contributed by atoms with Gasteiger partial charge in [0.1, 0.15) is 6.54 Å². The van der Waals surface area contributed by atoms with E-state index in [1.807, 2.05) is 6.92 Å². The number of aliphatic carboxylic acids is 1. The molecule has 0 fully saturated rings. The van der Waals surface area contributed by atoms with Gasteiger partial charge in [-0.05, 0) is 12.8 Å². The van der Waals surface area contributed by atoms with Crippen LogP contribution in [0.3, 0.4) is 0 Å². The fourth-order valence-electron chi connectivity index (χ4n) is 1.64. The van der Waals surface area contributed by atoms with E-state index < -0.39 is 5.97 Å². The van der Waals surface area contributed by atoms with Crippen LogP contribution < -0.4 is 0 Å². The summed E-state index contributed by atoms with van der Waals surface area (Å²) in [6, 6.07) is 0. The molecule has 1 aromatic heterocycles. The van der Waals surface area contributed by atoms with Crippen LogP contribution in [-0.2, 0) is 11.3 Å². The van der Waals surface area contributed by atoms with Crippen molar-refractivity contribution in [2.45, 2.75) is 33.7 Å². The summed E-state index contributed by atoms with van der Waals surface area (Å²) in [4.78, 5) is 24.4. The molecule has 1 heterocycles. The van der Waals surface area contributed by atoms with Gasteiger partial charge in [-0.3, -0.25) is 9.59 Å². The highest BCUT2D eigenvalue weighted by Crippen LogP contribution is 2.08. The molecule has 0 radical (unpaired) electrons. The van der Waals surface area contributed by atoms with E-state index in [0.717, 1.165) is 11.1 Å². The first-order chi connectivity index (χ1) is 8.97. The highest BCUT2D eigenvalue weighted by Gasteiger charge is 2.19. The van der Waals surface area contributed by atoms with Crippen LogP contribution in [0.2, 0.25) is 0 Å². The smallest absolute Gasteiger partial charge is 0.325 e. The molecule has 1 unspecified atom stereocenters. The second kappa shape index (κ2) is 6.86. The highest BCUT2D eigenvalue weighted by molar-refractivity contribution is 5.91. The summed E-state index contributed by atoms with van der Waals surface area (Å²) in [6.45, 7) is 7.02. The minimum atomic E-state index is -1.02. The number of aromatic nitrogens is 3. The summed E-state index contributed by atoms with van der Waals surface area (Å²) >= 11 is 0. The Bertz CT molecular complexity index is 444. The number of hydrogen-bond donors (Lipinski definition) is 1. The van der Waals surface area contributed by atoms with Crippen molar-refractivity contribution in [1.29, 1.82) is 0 Å². The summed E-state index contributed by atoms with van der Waals surface area (Å²) in [5.74, 6) is -0.812. The van der Waals surface area contributed by atoms with Crippen LogP contribution in [0.4, 0.5) is 0 Å². The maximum atomic E-state index is 12.2. The Morgan fingerprint density at radius 3 is 2.68 bits per heavy atom. The first-order valence-electron chi connectivity index (χ1n) is 6.39. The number of nitrogens with zero attached hydrogens (tertiary/aromatic N) is 4. The molecule has 0 aliphatic rings. The Morgan fingerprint density at radius 2 is 2.16 bits per heavy atom. The van der Waals surface area contributed by atoms with Gasteiger partial charge in [-0.2, -0.15) is 0 Å². The molecule has 106 valence electrons. The Balaban J connectivity index is 2.74. The first kappa shape index (κ1) is 15.1. The van der Waals surface area contributed by atoms with E-state index in [0.29, 0.717) is 19.0 Å². The molecule has 0 aliphatic heterocycles. The molecule has 0 bridgehead atoms. The van der Waals surface area contributed by atoms with Gasteiger partial charge in [0.25, 0.3) is 5.91 Å². The number of hydrogen-bond acceptors (Lipinski definition) is 4. The van der Waals surface area contributed by atoms with Gasteiger partial charge in [0.2, 0.25) is 0 Å². The van der Waals surface area contributed by atoms with Gasteiger partial charge in [0, 0.05) is 13.1 Å². The zero-order valence-corrected chi connectivity index (χ0v) is 11.5. The van der Waals surface area contributed by atoms with Crippen LogP contribution in [0.5, 0.6) is 0 Å². The van der Waals surface area contributed by atoms with Crippen molar-refractivity contribution in [3.8, 4) is 0 Å². The van der Waals surface area contributed by atoms with E-state index in [2.05, 4.69) is 24.2 Å². The summed E-state index contributed by atoms with van der Waals surface area (Å²) in [5, 5.41) is 16.0. The monoisotopic (exact) mass is 268 g/mol. The van der Waals surface area contributed by atoms with E-state index in [4.69, 9.17) is 5.11 Å². The quantitative estimate of drug-likeness (QED) is 0.792. The lowest BCUT2D eigenvalue weighted by Gasteiger charge is -2.22. The van der Waals surface area contributed by atoms with Gasteiger partial charge in [0.05, 0.1) is 6.20 Å². The summed E-state index contributed by atoms with van der Waals surface area (Å²) in [6.07, 6.45) is 2.37. The number of carbonyl (C=O) groups is 2. The number of carboxylic acid groups (broad SMARTS) is 1. The van der Waals surface area contributed by atoms with Crippen LogP contribution >= 0.6 is 0 Å². The number of carbonyl (C=O) groups excluding carboxylic acids is 1. The first-order valence-corrected chi connectivity index (χ1v) is 6.39. The molecule has 0 saturated carbocycles. The van der Waals surface area contributed by atoms with Gasteiger partial charge in [-0.1, -0.05) is 25.5 Å². The Kier molecular flexibility index (Phi) is 5.47. The Hall–Kier alpha value is -1.92. The second-order valence-corrected chi connectivity index (χ2v) is 4.55. The van der Waals surface area contributed by atoms with Crippen molar-refractivity contribution in [2.24, 2.45) is 5.92 Å². The van der Waals surface area contributed by atoms with Crippen molar-refractivity contribution < 1.29 is 14.7 Å². The zero-order valence-electron chi connectivity index (χ0n) is 11.5. The van der Waals surface area contributed by atoms with Crippen LogP contribution in [0.1, 0.15) is 37.7 Å². The van der Waals surface area contributed by atoms with Crippen molar-refractivity contribution in [3.05, 3.63) is 11.9 Å². The predicted octanol–water partition coefficient (Wildman–Crippen LogP) is 0.871. The van der Waals surface area contributed by atoms with Crippen molar-refractivity contribution in [2.75, 3.05) is 13.1 Å². The average Bonchev–Trinajstić information content (AvgIpc) is 2.82. The van der Waals surface area contributed by atoms with E-state index in [1.54, 1.807) is 4.90 Å². The molecule has 0 spiro atoms. The molecular formula is C12H20N4O3. The topological polar surface area (TPSA) is 88.3 Å². The number of amides is 1. The van der Waals surface area contributed by atoms with Gasteiger partial charge in [0.15, 0.2) is 5.69 Å². The van der Waals surface area contributed by atoms with Crippen molar-refractivity contribution >= 4 is 11.9 Å². The molecule has 7 heteroatoms. The predicted molar refractivity (Wildman–Crippen MR) is 68.7 cm³/mol. The van der Waals surface area contributed by atoms with Crippen molar-refractivity contribution in [3.63, 3.8) is 0 Å². The summed E-state index contributed by atoms with van der Waals surface area (Å²) in [7, 11) is 0. The summed E-state index contributed by atoms with van der Waals surface area (Å²) in [5.41, 5.74) is 0.186. The Labute approximate surface area is 112 Å².